The Labute approximate surface area is 120 Å². The molecule has 2 aromatic rings. The Kier molecular flexibility index (Phi) is 2.93. The first kappa shape index (κ1) is 12.2. The van der Waals surface area contributed by atoms with Crippen molar-refractivity contribution in [1.29, 1.82) is 0 Å². The van der Waals surface area contributed by atoms with E-state index in [9.17, 15) is 5.11 Å². The quantitative estimate of drug-likeness (QED) is 0.916. The second-order valence-electron chi connectivity index (χ2n) is 5.18. The van der Waals surface area contributed by atoms with Gasteiger partial charge in [-0.05, 0) is 25.0 Å². The van der Waals surface area contributed by atoms with Gasteiger partial charge in [-0.15, -0.1) is 11.8 Å². The van der Waals surface area contributed by atoms with Gasteiger partial charge in [0.2, 0.25) is 11.7 Å². The van der Waals surface area contributed by atoms with Crippen molar-refractivity contribution < 1.29 is 14.4 Å². The van der Waals surface area contributed by atoms with Gasteiger partial charge in [0.1, 0.15) is 5.75 Å². The lowest BCUT2D eigenvalue weighted by Crippen LogP contribution is -2.26. The molecule has 6 heteroatoms. The summed E-state index contributed by atoms with van der Waals surface area (Å²) in [7, 11) is 0. The molecule has 1 fully saturated rings. The summed E-state index contributed by atoms with van der Waals surface area (Å²) >= 11 is 1.74. The predicted octanol–water partition coefficient (Wildman–Crippen LogP) is 2.53. The zero-order valence-electron chi connectivity index (χ0n) is 10.7. The summed E-state index contributed by atoms with van der Waals surface area (Å²) in [6.07, 6.45) is 1.04. The van der Waals surface area contributed by atoms with Gasteiger partial charge < -0.3 is 14.4 Å². The Hall–Kier alpha value is -1.53. The molecule has 0 bridgehead atoms. The van der Waals surface area contributed by atoms with Crippen molar-refractivity contribution in [2.24, 2.45) is 0 Å². The van der Waals surface area contributed by atoms with Crippen molar-refractivity contribution in [2.45, 2.75) is 35.9 Å². The van der Waals surface area contributed by atoms with Crippen LogP contribution in [-0.2, 0) is 0 Å². The molecule has 1 aromatic heterocycles. The van der Waals surface area contributed by atoms with Crippen LogP contribution in [0.5, 0.6) is 5.75 Å². The standard InChI is InChI=1S/C14H14N2O3S/c17-9-5-8(6-9)14-15-13(16-19-14)11-7-20-12-4-2-1-3-10(12)18-11/h1-4,8-9,11,17H,5-7H2. The van der Waals surface area contributed by atoms with Gasteiger partial charge in [0.25, 0.3) is 0 Å². The van der Waals surface area contributed by atoms with Crippen molar-refractivity contribution in [1.82, 2.24) is 10.1 Å². The van der Waals surface area contributed by atoms with Crippen molar-refractivity contribution >= 4 is 11.8 Å². The molecule has 20 heavy (non-hydrogen) atoms. The third-order valence-electron chi connectivity index (χ3n) is 3.72. The summed E-state index contributed by atoms with van der Waals surface area (Å²) in [6.45, 7) is 0. The van der Waals surface area contributed by atoms with Gasteiger partial charge in [-0.2, -0.15) is 4.98 Å². The van der Waals surface area contributed by atoms with E-state index in [2.05, 4.69) is 10.1 Å². The molecule has 1 atom stereocenters. The van der Waals surface area contributed by atoms with Crippen LogP contribution in [0.15, 0.2) is 33.7 Å². The second-order valence-corrected chi connectivity index (χ2v) is 6.24. The van der Waals surface area contributed by atoms with E-state index < -0.39 is 0 Å². The SMILES string of the molecule is OC1CC(c2nc(C3CSc4ccccc4O3)no2)C1. The molecule has 2 heterocycles. The van der Waals surface area contributed by atoms with E-state index in [-0.39, 0.29) is 18.1 Å². The largest absolute Gasteiger partial charge is 0.480 e. The number of aromatic nitrogens is 2. The fraction of sp³-hybridized carbons (Fsp3) is 0.429. The molecule has 1 aromatic carbocycles. The number of aliphatic hydroxyl groups excluding tert-OH is 1. The van der Waals surface area contributed by atoms with Crippen molar-refractivity contribution in [3.05, 3.63) is 36.0 Å². The summed E-state index contributed by atoms with van der Waals surface area (Å²) in [4.78, 5) is 5.58. The third-order valence-corrected chi connectivity index (χ3v) is 4.83. The highest BCUT2D eigenvalue weighted by molar-refractivity contribution is 7.99. The Balaban J connectivity index is 1.52. The van der Waals surface area contributed by atoms with Gasteiger partial charge in [-0.1, -0.05) is 17.3 Å². The van der Waals surface area contributed by atoms with Gasteiger partial charge >= 0.3 is 0 Å². The zero-order chi connectivity index (χ0) is 13.5. The van der Waals surface area contributed by atoms with Gasteiger partial charge in [0, 0.05) is 16.6 Å². The number of nitrogens with zero attached hydrogens (tertiary/aromatic N) is 2. The van der Waals surface area contributed by atoms with Crippen molar-refractivity contribution in [3.8, 4) is 5.75 Å². The number of fused-ring (bicyclic) bond motifs is 1. The van der Waals surface area contributed by atoms with E-state index in [0.717, 1.165) is 16.4 Å². The normalized spacial score (nSPS) is 28.4. The average Bonchev–Trinajstić information content (AvgIpc) is 2.93. The maximum absolute atomic E-state index is 9.33. The van der Waals surface area contributed by atoms with Crippen LogP contribution in [0.1, 0.15) is 36.6 Å². The van der Waals surface area contributed by atoms with E-state index in [4.69, 9.17) is 9.26 Å². The third kappa shape index (κ3) is 2.09. The summed E-state index contributed by atoms with van der Waals surface area (Å²) in [5.74, 6) is 3.08. The molecule has 0 radical (unpaired) electrons. The van der Waals surface area contributed by atoms with Gasteiger partial charge in [0.05, 0.1) is 6.10 Å². The molecular weight excluding hydrogens is 276 g/mol. The summed E-state index contributed by atoms with van der Waals surface area (Å²) in [5.41, 5.74) is 0. The number of hydrogen-bond acceptors (Lipinski definition) is 6. The monoisotopic (exact) mass is 290 g/mol. The lowest BCUT2D eigenvalue weighted by Gasteiger charge is -2.27. The Morgan fingerprint density at radius 1 is 1.25 bits per heavy atom. The maximum Gasteiger partial charge on any atom is 0.230 e. The minimum Gasteiger partial charge on any atom is -0.480 e. The minimum atomic E-state index is -0.219. The summed E-state index contributed by atoms with van der Waals surface area (Å²) in [6, 6.07) is 7.97. The Morgan fingerprint density at radius 2 is 2.10 bits per heavy atom. The summed E-state index contributed by atoms with van der Waals surface area (Å²) in [5, 5.41) is 13.4. The fourth-order valence-corrected chi connectivity index (χ4v) is 3.46. The first-order valence-electron chi connectivity index (χ1n) is 6.69. The van der Waals surface area contributed by atoms with Gasteiger partial charge in [-0.25, -0.2) is 0 Å². The number of hydrogen-bond donors (Lipinski definition) is 1. The van der Waals surface area contributed by atoms with Gasteiger partial charge in [-0.3, -0.25) is 0 Å². The fourth-order valence-electron chi connectivity index (χ4n) is 2.48. The molecular formula is C14H14N2O3S. The highest BCUT2D eigenvalue weighted by Gasteiger charge is 2.34. The molecule has 0 saturated heterocycles. The first-order chi connectivity index (χ1) is 9.79. The van der Waals surface area contributed by atoms with E-state index >= 15 is 0 Å². The lowest BCUT2D eigenvalue weighted by atomic mass is 9.82. The van der Waals surface area contributed by atoms with Gasteiger partial charge in [0.15, 0.2) is 6.10 Å². The van der Waals surface area contributed by atoms with Crippen molar-refractivity contribution in [2.75, 3.05) is 5.75 Å². The average molecular weight is 290 g/mol. The summed E-state index contributed by atoms with van der Waals surface area (Å²) < 4.78 is 11.2. The molecule has 1 saturated carbocycles. The molecule has 1 N–H and O–H groups in total. The molecule has 4 rings (SSSR count). The van der Waals surface area contributed by atoms with Crippen LogP contribution in [-0.4, -0.2) is 27.1 Å². The van der Waals surface area contributed by atoms with Crippen LogP contribution in [0.3, 0.4) is 0 Å². The van der Waals surface area contributed by atoms with E-state index in [0.29, 0.717) is 24.6 Å². The molecule has 1 aliphatic heterocycles. The van der Waals surface area contributed by atoms with Crippen LogP contribution < -0.4 is 4.74 Å². The Morgan fingerprint density at radius 3 is 2.95 bits per heavy atom. The van der Waals surface area contributed by atoms with Crippen LogP contribution in [0.4, 0.5) is 0 Å². The zero-order valence-corrected chi connectivity index (χ0v) is 11.5. The molecule has 1 aliphatic carbocycles. The molecule has 0 spiro atoms. The maximum atomic E-state index is 9.33. The number of rotatable bonds is 2. The van der Waals surface area contributed by atoms with Crippen molar-refractivity contribution in [3.63, 3.8) is 0 Å². The highest BCUT2D eigenvalue weighted by atomic mass is 32.2. The number of aliphatic hydroxyl groups is 1. The highest BCUT2D eigenvalue weighted by Crippen LogP contribution is 2.40. The minimum absolute atomic E-state index is 0.169. The Bertz CT molecular complexity index is 624. The molecule has 2 aliphatic rings. The number of ether oxygens (including phenoxy) is 1. The molecule has 5 nitrogen and oxygen atoms in total. The molecule has 104 valence electrons. The number of para-hydroxylation sites is 1. The van der Waals surface area contributed by atoms with E-state index in [1.807, 2.05) is 24.3 Å². The smallest absolute Gasteiger partial charge is 0.230 e. The molecule has 1 unspecified atom stereocenters. The van der Waals surface area contributed by atoms with Crippen LogP contribution in [0.2, 0.25) is 0 Å². The first-order valence-corrected chi connectivity index (χ1v) is 7.68. The van der Waals surface area contributed by atoms with Crippen LogP contribution in [0.25, 0.3) is 0 Å². The predicted molar refractivity (Wildman–Crippen MR) is 72.8 cm³/mol. The van der Waals surface area contributed by atoms with Crippen LogP contribution in [0, 0.1) is 0 Å². The topological polar surface area (TPSA) is 68.4 Å². The number of benzene rings is 1. The lowest BCUT2D eigenvalue weighted by molar-refractivity contribution is 0.0624. The van der Waals surface area contributed by atoms with E-state index in [1.165, 1.54) is 0 Å². The second kappa shape index (κ2) is 4.79. The van der Waals surface area contributed by atoms with E-state index in [1.54, 1.807) is 11.8 Å². The van der Waals surface area contributed by atoms with Crippen LogP contribution >= 0.6 is 11.8 Å². The molecule has 0 amide bonds. The number of thioether (sulfide) groups is 1.